The monoisotopic (exact) mass is 418 g/mol. The molecule has 0 aromatic heterocycles. The molecule has 0 heterocycles. The van der Waals surface area contributed by atoms with E-state index in [0.717, 1.165) is 5.56 Å². The Bertz CT molecular complexity index is 857. The van der Waals surface area contributed by atoms with Crippen LogP contribution in [0.15, 0.2) is 48.5 Å². The molecule has 1 atom stereocenters. The molecule has 0 spiro atoms. The second-order valence-corrected chi connectivity index (χ2v) is 6.69. The topological polar surface area (TPSA) is 93.7 Å². The van der Waals surface area contributed by atoms with Gasteiger partial charge in [0.05, 0.1) is 25.3 Å². The van der Waals surface area contributed by atoms with E-state index < -0.39 is 24.4 Å². The molecule has 2 amide bonds. The lowest BCUT2D eigenvalue weighted by molar-refractivity contribution is -0.149. The van der Waals surface area contributed by atoms with Crippen LogP contribution in [0.4, 0.5) is 5.69 Å². The average molecular weight is 419 g/mol. The van der Waals surface area contributed by atoms with Gasteiger partial charge in [-0.25, -0.2) is 0 Å². The van der Waals surface area contributed by atoms with E-state index in [2.05, 4.69) is 10.6 Å². The van der Waals surface area contributed by atoms with Gasteiger partial charge in [-0.05, 0) is 30.7 Å². The summed E-state index contributed by atoms with van der Waals surface area (Å²) in [6.07, 6.45) is -0.257. The minimum Gasteiger partial charge on any atom is -0.495 e. The molecule has 0 aliphatic heterocycles. The van der Waals surface area contributed by atoms with E-state index in [1.165, 1.54) is 7.11 Å². The number of methoxy groups -OCH3 is 1. The number of carbonyl (C=O) groups excluding carboxylic acids is 3. The minimum atomic E-state index is -0.638. The van der Waals surface area contributed by atoms with Gasteiger partial charge in [0, 0.05) is 11.4 Å². The van der Waals surface area contributed by atoms with E-state index in [0.29, 0.717) is 16.5 Å². The van der Waals surface area contributed by atoms with Crippen molar-refractivity contribution in [2.75, 3.05) is 19.0 Å². The zero-order valence-electron chi connectivity index (χ0n) is 16.2. The number of halogens is 1. The van der Waals surface area contributed by atoms with Crippen molar-refractivity contribution in [3.63, 3.8) is 0 Å². The standard InChI is InChI=1S/C21H23ClN2O5/c1-14(15-6-4-3-5-7-15)23-20(26)13-29-21(27)11-10-19(25)24-17-12-16(22)8-9-18(17)28-2/h3-9,12,14H,10-11,13H2,1-2H3,(H,23,26)(H,24,25)/t14-/m0/s1. The second kappa shape index (κ2) is 11.1. The first-order valence-corrected chi connectivity index (χ1v) is 9.40. The smallest absolute Gasteiger partial charge is 0.306 e. The lowest BCUT2D eigenvalue weighted by atomic mass is 10.1. The van der Waals surface area contributed by atoms with Gasteiger partial charge in [0.1, 0.15) is 5.75 Å². The van der Waals surface area contributed by atoms with Crippen molar-refractivity contribution in [2.45, 2.75) is 25.8 Å². The van der Waals surface area contributed by atoms with Gasteiger partial charge in [-0.15, -0.1) is 0 Å². The van der Waals surface area contributed by atoms with Crippen LogP contribution in [-0.2, 0) is 19.1 Å². The summed E-state index contributed by atoms with van der Waals surface area (Å²) >= 11 is 5.91. The highest BCUT2D eigenvalue weighted by atomic mass is 35.5. The Balaban J connectivity index is 1.72. The summed E-state index contributed by atoms with van der Waals surface area (Å²) in [4.78, 5) is 35.8. The molecule has 0 saturated heterocycles. The molecule has 2 N–H and O–H groups in total. The van der Waals surface area contributed by atoms with E-state index >= 15 is 0 Å². The number of carbonyl (C=O) groups is 3. The SMILES string of the molecule is COc1ccc(Cl)cc1NC(=O)CCC(=O)OCC(=O)N[C@@H](C)c1ccccc1. The lowest BCUT2D eigenvalue weighted by Gasteiger charge is -2.14. The van der Waals surface area contributed by atoms with Crippen molar-refractivity contribution in [1.29, 1.82) is 0 Å². The average Bonchev–Trinajstić information content (AvgIpc) is 2.71. The highest BCUT2D eigenvalue weighted by Gasteiger charge is 2.14. The van der Waals surface area contributed by atoms with Gasteiger partial charge in [0.25, 0.3) is 5.91 Å². The maximum atomic E-state index is 12.0. The Hall–Kier alpha value is -3.06. The zero-order valence-corrected chi connectivity index (χ0v) is 17.0. The van der Waals surface area contributed by atoms with Crippen LogP contribution in [0.5, 0.6) is 5.75 Å². The highest BCUT2D eigenvalue weighted by Crippen LogP contribution is 2.27. The van der Waals surface area contributed by atoms with E-state index in [4.69, 9.17) is 21.1 Å². The van der Waals surface area contributed by atoms with Gasteiger partial charge in [-0.2, -0.15) is 0 Å². The molecule has 0 unspecified atom stereocenters. The van der Waals surface area contributed by atoms with Crippen molar-refractivity contribution >= 4 is 35.1 Å². The number of nitrogens with one attached hydrogen (secondary N) is 2. The molecule has 0 bridgehead atoms. The zero-order chi connectivity index (χ0) is 21.2. The summed E-state index contributed by atoms with van der Waals surface area (Å²) in [7, 11) is 1.47. The second-order valence-electron chi connectivity index (χ2n) is 6.25. The van der Waals surface area contributed by atoms with E-state index in [-0.39, 0.29) is 18.9 Å². The number of rotatable bonds is 9. The number of anilines is 1. The summed E-state index contributed by atoms with van der Waals surface area (Å²) in [5.74, 6) is -0.997. The fourth-order valence-electron chi connectivity index (χ4n) is 2.53. The summed E-state index contributed by atoms with van der Waals surface area (Å²) in [5.41, 5.74) is 1.35. The van der Waals surface area contributed by atoms with E-state index in [9.17, 15) is 14.4 Å². The Kier molecular flexibility index (Phi) is 8.48. The van der Waals surface area contributed by atoms with E-state index in [1.54, 1.807) is 18.2 Å². The number of ether oxygens (including phenoxy) is 2. The van der Waals surface area contributed by atoms with Crippen LogP contribution in [-0.4, -0.2) is 31.5 Å². The van der Waals surface area contributed by atoms with Crippen LogP contribution < -0.4 is 15.4 Å². The first-order chi connectivity index (χ1) is 13.9. The number of hydrogen-bond donors (Lipinski definition) is 2. The Morgan fingerprint density at radius 2 is 1.76 bits per heavy atom. The van der Waals surface area contributed by atoms with E-state index in [1.807, 2.05) is 37.3 Å². The fraction of sp³-hybridized carbons (Fsp3) is 0.286. The van der Waals surface area contributed by atoms with Gasteiger partial charge in [0.15, 0.2) is 6.61 Å². The number of amides is 2. The van der Waals surface area contributed by atoms with Crippen LogP contribution in [0, 0.1) is 0 Å². The molecule has 29 heavy (non-hydrogen) atoms. The largest absolute Gasteiger partial charge is 0.495 e. The predicted octanol–water partition coefficient (Wildman–Crippen LogP) is 3.49. The third-order valence-electron chi connectivity index (χ3n) is 4.03. The maximum absolute atomic E-state index is 12.0. The molecule has 0 aliphatic rings. The molecular weight excluding hydrogens is 396 g/mol. The van der Waals surface area contributed by atoms with Crippen molar-refractivity contribution < 1.29 is 23.9 Å². The quantitative estimate of drug-likeness (QED) is 0.608. The Labute approximate surface area is 174 Å². The van der Waals surface area contributed by atoms with Gasteiger partial charge < -0.3 is 20.1 Å². The van der Waals surface area contributed by atoms with Gasteiger partial charge in [-0.1, -0.05) is 41.9 Å². The number of benzene rings is 2. The van der Waals surface area contributed by atoms with Crippen molar-refractivity contribution in [2.24, 2.45) is 0 Å². The molecule has 0 radical (unpaired) electrons. The number of esters is 1. The summed E-state index contributed by atoms with van der Waals surface area (Å²) < 4.78 is 10.1. The third kappa shape index (κ3) is 7.46. The van der Waals surface area contributed by atoms with Crippen molar-refractivity contribution in [1.82, 2.24) is 5.32 Å². The van der Waals surface area contributed by atoms with Crippen LogP contribution >= 0.6 is 11.6 Å². The fourth-order valence-corrected chi connectivity index (χ4v) is 2.70. The first-order valence-electron chi connectivity index (χ1n) is 9.02. The molecular formula is C21H23ClN2O5. The summed E-state index contributed by atoms with van der Waals surface area (Å²) in [6.45, 7) is 1.43. The molecule has 0 aliphatic carbocycles. The lowest BCUT2D eigenvalue weighted by Crippen LogP contribution is -2.31. The Morgan fingerprint density at radius 1 is 1.03 bits per heavy atom. The molecule has 154 valence electrons. The molecule has 0 fully saturated rings. The molecule has 2 aromatic carbocycles. The summed E-state index contributed by atoms with van der Waals surface area (Å²) in [6, 6.07) is 14.0. The first kappa shape index (κ1) is 22.2. The summed E-state index contributed by atoms with van der Waals surface area (Å²) in [5, 5.41) is 5.82. The molecule has 8 heteroatoms. The normalized spacial score (nSPS) is 11.3. The molecule has 2 rings (SSSR count). The van der Waals surface area contributed by atoms with Crippen LogP contribution in [0.1, 0.15) is 31.4 Å². The highest BCUT2D eigenvalue weighted by molar-refractivity contribution is 6.31. The van der Waals surface area contributed by atoms with Crippen LogP contribution in [0.3, 0.4) is 0 Å². The van der Waals surface area contributed by atoms with Gasteiger partial charge >= 0.3 is 5.97 Å². The van der Waals surface area contributed by atoms with Gasteiger partial charge in [-0.3, -0.25) is 14.4 Å². The van der Waals surface area contributed by atoms with Crippen molar-refractivity contribution in [3.8, 4) is 5.75 Å². The molecule has 7 nitrogen and oxygen atoms in total. The Morgan fingerprint density at radius 3 is 2.45 bits per heavy atom. The molecule has 2 aromatic rings. The molecule has 0 saturated carbocycles. The van der Waals surface area contributed by atoms with Crippen molar-refractivity contribution in [3.05, 3.63) is 59.1 Å². The van der Waals surface area contributed by atoms with Crippen LogP contribution in [0.2, 0.25) is 5.02 Å². The number of hydrogen-bond acceptors (Lipinski definition) is 5. The van der Waals surface area contributed by atoms with Gasteiger partial charge in [0.2, 0.25) is 5.91 Å². The third-order valence-corrected chi connectivity index (χ3v) is 4.27. The maximum Gasteiger partial charge on any atom is 0.306 e. The van der Waals surface area contributed by atoms with Crippen LogP contribution in [0.25, 0.3) is 0 Å². The minimum absolute atomic E-state index is 0.101. The predicted molar refractivity (Wildman–Crippen MR) is 110 cm³/mol.